The molecule has 0 saturated heterocycles. The van der Waals surface area contributed by atoms with Gasteiger partial charge in [0.2, 0.25) is 0 Å². The van der Waals surface area contributed by atoms with E-state index in [1.54, 1.807) is 0 Å². The molecule has 1 atom stereocenters. The van der Waals surface area contributed by atoms with Gasteiger partial charge in [-0.05, 0) is 38.7 Å². The van der Waals surface area contributed by atoms with E-state index in [2.05, 4.69) is 30.4 Å². The second-order valence-corrected chi connectivity index (χ2v) is 5.96. The Kier molecular flexibility index (Phi) is 6.38. The maximum Gasteiger partial charge on any atom is 0.123 e. The zero-order chi connectivity index (χ0) is 14.2. The van der Waals surface area contributed by atoms with E-state index in [1.807, 2.05) is 13.0 Å². The fourth-order valence-electron chi connectivity index (χ4n) is 3.19. The van der Waals surface area contributed by atoms with Crippen LogP contribution in [0.2, 0.25) is 0 Å². The molecule has 1 N–H and O–H groups in total. The Hall–Kier alpha value is -1.02. The molecule has 1 aromatic rings. The lowest BCUT2D eigenvalue weighted by molar-refractivity contribution is 0.322. The molecule has 0 aromatic heterocycles. The Bertz CT molecular complexity index is 383. The van der Waals surface area contributed by atoms with Crippen LogP contribution in [0.5, 0.6) is 5.75 Å². The van der Waals surface area contributed by atoms with Crippen LogP contribution in [0.25, 0.3) is 0 Å². The second kappa shape index (κ2) is 8.31. The minimum Gasteiger partial charge on any atom is -0.494 e. The molecule has 0 heterocycles. The van der Waals surface area contributed by atoms with Gasteiger partial charge in [-0.2, -0.15) is 0 Å². The molecule has 0 spiro atoms. The van der Waals surface area contributed by atoms with Crippen molar-refractivity contribution in [3.8, 4) is 5.75 Å². The highest BCUT2D eigenvalue weighted by molar-refractivity contribution is 5.33. The van der Waals surface area contributed by atoms with Gasteiger partial charge in [0.25, 0.3) is 0 Å². The van der Waals surface area contributed by atoms with Crippen molar-refractivity contribution in [3.05, 3.63) is 29.8 Å². The van der Waals surface area contributed by atoms with Crippen molar-refractivity contribution in [3.63, 3.8) is 0 Å². The third-order valence-corrected chi connectivity index (χ3v) is 4.49. The van der Waals surface area contributed by atoms with Gasteiger partial charge in [-0.15, -0.1) is 0 Å². The van der Waals surface area contributed by atoms with E-state index in [1.165, 1.54) is 44.1 Å². The van der Waals surface area contributed by atoms with Crippen molar-refractivity contribution < 1.29 is 4.74 Å². The molecule has 0 bridgehead atoms. The van der Waals surface area contributed by atoms with Crippen LogP contribution in [-0.2, 0) is 6.54 Å². The molecule has 0 amide bonds. The molecule has 2 rings (SSSR count). The van der Waals surface area contributed by atoms with Crippen LogP contribution in [0, 0.1) is 5.92 Å². The van der Waals surface area contributed by atoms with E-state index < -0.39 is 0 Å². The third kappa shape index (κ3) is 4.52. The van der Waals surface area contributed by atoms with Gasteiger partial charge in [-0.1, -0.05) is 43.9 Å². The standard InChI is InChI=1S/C18H29NO/c1-3-20-18-13-9-8-12-17(18)14-19-15(2)16-10-6-4-5-7-11-16/h8-9,12-13,15-16,19H,3-7,10-11,14H2,1-2H3/t15-/m1/s1. The Labute approximate surface area is 123 Å². The van der Waals surface area contributed by atoms with Gasteiger partial charge in [0.15, 0.2) is 0 Å². The van der Waals surface area contributed by atoms with Gasteiger partial charge in [-0.25, -0.2) is 0 Å². The lowest BCUT2D eigenvalue weighted by atomic mass is 9.93. The normalized spacial score (nSPS) is 18.5. The summed E-state index contributed by atoms with van der Waals surface area (Å²) < 4.78 is 5.69. The predicted octanol–water partition coefficient (Wildman–Crippen LogP) is 4.53. The number of hydrogen-bond donors (Lipinski definition) is 1. The van der Waals surface area contributed by atoms with Crippen molar-refractivity contribution >= 4 is 0 Å². The highest BCUT2D eigenvalue weighted by Crippen LogP contribution is 2.26. The summed E-state index contributed by atoms with van der Waals surface area (Å²) in [6.07, 6.45) is 8.45. The van der Waals surface area contributed by atoms with E-state index in [0.29, 0.717) is 6.04 Å². The zero-order valence-corrected chi connectivity index (χ0v) is 13.0. The van der Waals surface area contributed by atoms with Crippen LogP contribution >= 0.6 is 0 Å². The molecule has 2 nitrogen and oxygen atoms in total. The Morgan fingerprint density at radius 3 is 2.55 bits per heavy atom. The number of ether oxygens (including phenoxy) is 1. The highest BCUT2D eigenvalue weighted by Gasteiger charge is 2.18. The molecule has 1 aromatic carbocycles. The molecule has 20 heavy (non-hydrogen) atoms. The van der Waals surface area contributed by atoms with Gasteiger partial charge in [0, 0.05) is 18.2 Å². The van der Waals surface area contributed by atoms with Crippen LogP contribution in [0.3, 0.4) is 0 Å². The van der Waals surface area contributed by atoms with Gasteiger partial charge in [-0.3, -0.25) is 0 Å². The van der Waals surface area contributed by atoms with E-state index in [9.17, 15) is 0 Å². The summed E-state index contributed by atoms with van der Waals surface area (Å²) in [5, 5.41) is 3.72. The fourth-order valence-corrected chi connectivity index (χ4v) is 3.19. The first-order valence-corrected chi connectivity index (χ1v) is 8.25. The van der Waals surface area contributed by atoms with Crippen molar-refractivity contribution in [2.24, 2.45) is 5.92 Å². The maximum absolute atomic E-state index is 5.69. The van der Waals surface area contributed by atoms with E-state index >= 15 is 0 Å². The molecule has 1 aliphatic carbocycles. The van der Waals surface area contributed by atoms with E-state index in [-0.39, 0.29) is 0 Å². The molecule has 1 saturated carbocycles. The largest absolute Gasteiger partial charge is 0.494 e. The Balaban J connectivity index is 1.87. The van der Waals surface area contributed by atoms with Crippen LogP contribution in [-0.4, -0.2) is 12.6 Å². The fraction of sp³-hybridized carbons (Fsp3) is 0.667. The number of nitrogens with one attached hydrogen (secondary N) is 1. The maximum atomic E-state index is 5.69. The van der Waals surface area contributed by atoms with Crippen LogP contribution < -0.4 is 10.1 Å². The number of hydrogen-bond acceptors (Lipinski definition) is 2. The average Bonchev–Trinajstić information content (AvgIpc) is 2.75. The van der Waals surface area contributed by atoms with Gasteiger partial charge < -0.3 is 10.1 Å². The highest BCUT2D eigenvalue weighted by atomic mass is 16.5. The summed E-state index contributed by atoms with van der Waals surface area (Å²) in [5.74, 6) is 1.87. The van der Waals surface area contributed by atoms with E-state index in [4.69, 9.17) is 4.74 Å². The average molecular weight is 275 g/mol. The lowest BCUT2D eigenvalue weighted by Gasteiger charge is -2.24. The minimum atomic E-state index is 0.600. The summed E-state index contributed by atoms with van der Waals surface area (Å²) in [6.45, 7) is 6.03. The summed E-state index contributed by atoms with van der Waals surface area (Å²) in [6, 6.07) is 8.97. The summed E-state index contributed by atoms with van der Waals surface area (Å²) >= 11 is 0. The zero-order valence-electron chi connectivity index (χ0n) is 13.0. The van der Waals surface area contributed by atoms with Crippen molar-refractivity contribution in [2.75, 3.05) is 6.61 Å². The molecule has 1 aliphatic rings. The molecule has 0 unspecified atom stereocenters. The first kappa shape index (κ1) is 15.4. The van der Waals surface area contributed by atoms with E-state index in [0.717, 1.165) is 24.8 Å². The first-order valence-electron chi connectivity index (χ1n) is 8.25. The van der Waals surface area contributed by atoms with Gasteiger partial charge in [0.1, 0.15) is 5.75 Å². The van der Waals surface area contributed by atoms with Crippen LogP contribution in [0.1, 0.15) is 57.9 Å². The third-order valence-electron chi connectivity index (χ3n) is 4.49. The van der Waals surface area contributed by atoms with Crippen molar-refractivity contribution in [1.29, 1.82) is 0 Å². The minimum absolute atomic E-state index is 0.600. The van der Waals surface area contributed by atoms with Crippen molar-refractivity contribution in [2.45, 2.75) is 65.0 Å². The van der Waals surface area contributed by atoms with Gasteiger partial charge >= 0.3 is 0 Å². The number of rotatable bonds is 6. The molecular formula is C18H29NO. The first-order chi connectivity index (χ1) is 9.81. The molecule has 112 valence electrons. The monoisotopic (exact) mass is 275 g/mol. The summed E-state index contributed by atoms with van der Waals surface area (Å²) in [4.78, 5) is 0. The summed E-state index contributed by atoms with van der Waals surface area (Å²) in [7, 11) is 0. The lowest BCUT2D eigenvalue weighted by Crippen LogP contribution is -2.33. The Morgan fingerprint density at radius 2 is 1.85 bits per heavy atom. The smallest absolute Gasteiger partial charge is 0.123 e. The molecule has 0 aliphatic heterocycles. The molecule has 0 radical (unpaired) electrons. The predicted molar refractivity (Wildman–Crippen MR) is 85.1 cm³/mol. The topological polar surface area (TPSA) is 21.3 Å². The molecule has 1 fully saturated rings. The Morgan fingerprint density at radius 1 is 1.15 bits per heavy atom. The van der Waals surface area contributed by atoms with Crippen molar-refractivity contribution in [1.82, 2.24) is 5.32 Å². The van der Waals surface area contributed by atoms with Crippen LogP contribution in [0.15, 0.2) is 24.3 Å². The van der Waals surface area contributed by atoms with Crippen LogP contribution in [0.4, 0.5) is 0 Å². The van der Waals surface area contributed by atoms with Gasteiger partial charge in [0.05, 0.1) is 6.61 Å². The SMILES string of the molecule is CCOc1ccccc1CN[C@H](C)C1CCCCCC1. The number of para-hydroxylation sites is 1. The second-order valence-electron chi connectivity index (χ2n) is 5.96. The molecule has 2 heteroatoms. The quantitative estimate of drug-likeness (QED) is 0.770. The summed E-state index contributed by atoms with van der Waals surface area (Å²) in [5.41, 5.74) is 1.27. The number of benzene rings is 1. The molecular weight excluding hydrogens is 246 g/mol.